The molecular weight excluding hydrogens is 476 g/mol. The Labute approximate surface area is 209 Å². The van der Waals surface area contributed by atoms with Gasteiger partial charge in [-0.05, 0) is 38.1 Å². The summed E-state index contributed by atoms with van der Waals surface area (Å²) in [5.74, 6) is -5.82. The van der Waals surface area contributed by atoms with Crippen molar-refractivity contribution < 1.29 is 34.2 Å². The molecule has 0 aromatic rings. The molecular formula is C21H40N8O7. The Morgan fingerprint density at radius 2 is 1.42 bits per heavy atom. The first-order valence-electron chi connectivity index (χ1n) is 11.7. The van der Waals surface area contributed by atoms with Crippen LogP contribution in [0.3, 0.4) is 0 Å². The molecule has 0 heterocycles. The van der Waals surface area contributed by atoms with Crippen LogP contribution in [0.2, 0.25) is 0 Å². The zero-order chi connectivity index (χ0) is 27.8. The van der Waals surface area contributed by atoms with Crippen molar-refractivity contribution >= 4 is 35.6 Å². The van der Waals surface area contributed by atoms with Crippen LogP contribution in [0.25, 0.3) is 0 Å². The third-order valence-electron chi connectivity index (χ3n) is 5.13. The summed E-state index contributed by atoms with van der Waals surface area (Å²) in [6, 6.07) is -4.99. The Balaban J connectivity index is 5.57. The molecule has 0 saturated heterocycles. The quantitative estimate of drug-likeness (QED) is 0.0508. The SMILES string of the molecule is CC(C)C(NC(=O)C(CC(=O)O)NC(=O)C(CCCN=C(N)N)NC(=O)C(N)CCCCN)C(=O)O. The number of carboxylic acid groups (broad SMARTS) is 2. The van der Waals surface area contributed by atoms with Gasteiger partial charge in [-0.15, -0.1) is 0 Å². The molecule has 0 aliphatic rings. The lowest BCUT2D eigenvalue weighted by molar-refractivity contribution is -0.144. The Morgan fingerprint density at radius 1 is 0.833 bits per heavy atom. The highest BCUT2D eigenvalue weighted by Crippen LogP contribution is 2.06. The topological polar surface area (TPSA) is 278 Å². The Hall–Kier alpha value is -3.46. The summed E-state index contributed by atoms with van der Waals surface area (Å²) >= 11 is 0. The summed E-state index contributed by atoms with van der Waals surface area (Å²) in [5.41, 5.74) is 21.9. The van der Waals surface area contributed by atoms with Crippen molar-refractivity contribution in [1.82, 2.24) is 16.0 Å². The van der Waals surface area contributed by atoms with Gasteiger partial charge in [0.25, 0.3) is 0 Å². The number of nitrogens with two attached hydrogens (primary N) is 4. The van der Waals surface area contributed by atoms with Crippen LogP contribution in [0, 0.1) is 5.92 Å². The number of carboxylic acids is 2. The summed E-state index contributed by atoms with van der Waals surface area (Å²) in [6.07, 6.45) is 1.12. The van der Waals surface area contributed by atoms with Crippen molar-refractivity contribution in [2.75, 3.05) is 13.1 Å². The maximum atomic E-state index is 13.0. The molecule has 206 valence electrons. The van der Waals surface area contributed by atoms with Crippen molar-refractivity contribution in [1.29, 1.82) is 0 Å². The van der Waals surface area contributed by atoms with Crippen LogP contribution in [-0.4, -0.2) is 83.1 Å². The molecule has 15 nitrogen and oxygen atoms in total. The molecule has 0 aromatic carbocycles. The van der Waals surface area contributed by atoms with Crippen molar-refractivity contribution in [2.24, 2.45) is 33.8 Å². The standard InChI is InChI=1S/C21H40N8O7/c1-11(2)16(20(35)36)29-19(34)14(10-15(30)31)28-18(33)13(7-5-9-26-21(24)25)27-17(32)12(23)6-3-4-8-22/h11-14,16H,3-10,22-23H2,1-2H3,(H,27,32)(H,28,33)(H,29,34)(H,30,31)(H,35,36)(H4,24,25,26). The molecule has 0 bridgehead atoms. The average Bonchev–Trinajstić information content (AvgIpc) is 2.77. The zero-order valence-corrected chi connectivity index (χ0v) is 20.7. The number of guanidine groups is 1. The highest BCUT2D eigenvalue weighted by Gasteiger charge is 2.32. The lowest BCUT2D eigenvalue weighted by atomic mass is 10.0. The van der Waals surface area contributed by atoms with E-state index < -0.39 is 66.2 Å². The second kappa shape index (κ2) is 17.0. The molecule has 0 aromatic heterocycles. The van der Waals surface area contributed by atoms with Gasteiger partial charge in [-0.2, -0.15) is 0 Å². The normalized spacial score (nSPS) is 14.1. The number of carbonyl (C=O) groups is 5. The number of carbonyl (C=O) groups excluding carboxylic acids is 3. The number of hydrogen-bond acceptors (Lipinski definition) is 8. The molecule has 4 unspecified atom stereocenters. The Morgan fingerprint density at radius 3 is 1.92 bits per heavy atom. The maximum Gasteiger partial charge on any atom is 0.326 e. The number of aliphatic carboxylic acids is 2. The van der Waals surface area contributed by atoms with Crippen LogP contribution in [-0.2, 0) is 24.0 Å². The highest BCUT2D eigenvalue weighted by atomic mass is 16.4. The van der Waals surface area contributed by atoms with Gasteiger partial charge in [0.15, 0.2) is 5.96 Å². The minimum atomic E-state index is -1.59. The van der Waals surface area contributed by atoms with E-state index in [1.165, 1.54) is 0 Å². The van der Waals surface area contributed by atoms with Crippen molar-refractivity contribution in [3.63, 3.8) is 0 Å². The largest absolute Gasteiger partial charge is 0.481 e. The second-order valence-electron chi connectivity index (χ2n) is 8.63. The van der Waals surface area contributed by atoms with Crippen LogP contribution in [0.15, 0.2) is 4.99 Å². The zero-order valence-electron chi connectivity index (χ0n) is 20.7. The lowest BCUT2D eigenvalue weighted by Crippen LogP contribution is -2.58. The maximum absolute atomic E-state index is 13.0. The molecule has 0 aliphatic heterocycles. The van der Waals surface area contributed by atoms with E-state index in [9.17, 15) is 34.2 Å². The molecule has 3 amide bonds. The van der Waals surface area contributed by atoms with Crippen LogP contribution in [0.4, 0.5) is 0 Å². The Kier molecular flexibility index (Phi) is 15.4. The molecule has 4 atom stereocenters. The minimum Gasteiger partial charge on any atom is -0.481 e. The second-order valence-corrected chi connectivity index (χ2v) is 8.63. The van der Waals surface area contributed by atoms with E-state index >= 15 is 0 Å². The molecule has 0 rings (SSSR count). The van der Waals surface area contributed by atoms with E-state index in [4.69, 9.17) is 22.9 Å². The van der Waals surface area contributed by atoms with Gasteiger partial charge in [-0.1, -0.05) is 20.3 Å². The first-order chi connectivity index (χ1) is 16.8. The monoisotopic (exact) mass is 516 g/mol. The van der Waals surface area contributed by atoms with Crippen molar-refractivity contribution in [3.8, 4) is 0 Å². The fourth-order valence-corrected chi connectivity index (χ4v) is 3.11. The molecule has 0 saturated carbocycles. The van der Waals surface area contributed by atoms with Crippen LogP contribution in [0.1, 0.15) is 52.4 Å². The van der Waals surface area contributed by atoms with Gasteiger partial charge in [0.2, 0.25) is 17.7 Å². The number of unbranched alkanes of at least 4 members (excludes halogenated alkanes) is 1. The number of hydrogen-bond donors (Lipinski definition) is 9. The van der Waals surface area contributed by atoms with Crippen LogP contribution in [0.5, 0.6) is 0 Å². The van der Waals surface area contributed by atoms with E-state index in [2.05, 4.69) is 20.9 Å². The third kappa shape index (κ3) is 13.4. The third-order valence-corrected chi connectivity index (χ3v) is 5.13. The van der Waals surface area contributed by atoms with E-state index in [0.717, 1.165) is 0 Å². The molecule has 0 aliphatic carbocycles. The molecule has 0 radical (unpaired) electrons. The van der Waals surface area contributed by atoms with Gasteiger partial charge in [-0.25, -0.2) is 4.79 Å². The van der Waals surface area contributed by atoms with Crippen molar-refractivity contribution in [2.45, 2.75) is 76.5 Å². The summed E-state index contributed by atoms with van der Waals surface area (Å²) in [4.78, 5) is 64.7. The number of nitrogens with zero attached hydrogens (tertiary/aromatic N) is 1. The lowest BCUT2D eigenvalue weighted by Gasteiger charge is -2.25. The molecule has 36 heavy (non-hydrogen) atoms. The van der Waals surface area contributed by atoms with E-state index in [1.807, 2.05) is 0 Å². The predicted octanol–water partition coefficient (Wildman–Crippen LogP) is -2.83. The smallest absolute Gasteiger partial charge is 0.326 e. The van der Waals surface area contributed by atoms with Crippen LogP contribution >= 0.6 is 0 Å². The fraction of sp³-hybridized carbons (Fsp3) is 0.714. The summed E-state index contributed by atoms with van der Waals surface area (Å²) in [6.45, 7) is 3.71. The first kappa shape index (κ1) is 32.5. The number of amides is 3. The highest BCUT2D eigenvalue weighted by molar-refractivity contribution is 5.95. The summed E-state index contributed by atoms with van der Waals surface area (Å²) in [5, 5.41) is 25.6. The van der Waals surface area contributed by atoms with E-state index in [1.54, 1.807) is 13.8 Å². The molecule has 13 N–H and O–H groups in total. The number of aliphatic imine (C=N–C) groups is 1. The molecule has 15 heteroatoms. The van der Waals surface area contributed by atoms with Gasteiger partial charge in [-0.3, -0.25) is 24.2 Å². The minimum absolute atomic E-state index is 0.0506. The first-order valence-corrected chi connectivity index (χ1v) is 11.7. The summed E-state index contributed by atoms with van der Waals surface area (Å²) < 4.78 is 0. The van der Waals surface area contributed by atoms with E-state index in [0.29, 0.717) is 25.8 Å². The van der Waals surface area contributed by atoms with Gasteiger partial charge in [0.1, 0.15) is 18.1 Å². The fourth-order valence-electron chi connectivity index (χ4n) is 3.11. The number of rotatable bonds is 18. The molecule has 0 fully saturated rings. The summed E-state index contributed by atoms with van der Waals surface area (Å²) in [7, 11) is 0. The predicted molar refractivity (Wildman–Crippen MR) is 131 cm³/mol. The Bertz CT molecular complexity index is 786. The van der Waals surface area contributed by atoms with E-state index in [-0.39, 0.29) is 25.3 Å². The van der Waals surface area contributed by atoms with Crippen molar-refractivity contribution in [3.05, 3.63) is 0 Å². The number of nitrogens with one attached hydrogen (secondary N) is 3. The van der Waals surface area contributed by atoms with Crippen LogP contribution < -0.4 is 38.9 Å². The van der Waals surface area contributed by atoms with Gasteiger partial charge in [0, 0.05) is 6.54 Å². The van der Waals surface area contributed by atoms with Gasteiger partial charge in [0.05, 0.1) is 12.5 Å². The average molecular weight is 517 g/mol. The van der Waals surface area contributed by atoms with Gasteiger partial charge >= 0.3 is 11.9 Å². The van der Waals surface area contributed by atoms with Gasteiger partial charge < -0.3 is 49.1 Å². The molecule has 0 spiro atoms.